The van der Waals surface area contributed by atoms with Crippen molar-refractivity contribution in [3.63, 3.8) is 0 Å². The predicted molar refractivity (Wildman–Crippen MR) is 83.0 cm³/mol. The number of halogens is 4. The highest BCUT2D eigenvalue weighted by atomic mass is 35.5. The largest absolute Gasteiger partial charge is 0.573 e. The van der Waals surface area contributed by atoms with Crippen LogP contribution in [0, 0.1) is 0 Å². The summed E-state index contributed by atoms with van der Waals surface area (Å²) < 4.78 is 71.9. The van der Waals surface area contributed by atoms with Crippen molar-refractivity contribution in [2.75, 3.05) is 4.72 Å². The smallest absolute Gasteiger partial charge is 0.406 e. The Labute approximate surface area is 144 Å². The molecule has 2 aromatic carbocycles. The molecule has 0 aliphatic rings. The number of ether oxygens (including phenoxy) is 1. The van der Waals surface area contributed by atoms with Crippen LogP contribution in [-0.4, -0.2) is 19.9 Å². The van der Waals surface area contributed by atoms with Gasteiger partial charge in [-0.25, -0.2) is 8.42 Å². The molecule has 25 heavy (non-hydrogen) atoms. The van der Waals surface area contributed by atoms with Gasteiger partial charge in [-0.1, -0.05) is 22.8 Å². The lowest BCUT2D eigenvalue weighted by Gasteiger charge is -2.10. The molecule has 0 aliphatic heterocycles. The minimum atomic E-state index is -4.87. The normalized spacial score (nSPS) is 12.3. The van der Waals surface area contributed by atoms with Gasteiger partial charge in [-0.3, -0.25) is 4.72 Å². The molecule has 11 heteroatoms. The van der Waals surface area contributed by atoms with E-state index in [0.29, 0.717) is 0 Å². The maximum Gasteiger partial charge on any atom is 0.573 e. The summed E-state index contributed by atoms with van der Waals surface area (Å²) in [6.07, 6.45) is -4.87. The van der Waals surface area contributed by atoms with Crippen LogP contribution in [0.1, 0.15) is 0 Å². The number of aromatic nitrogens is 1. The van der Waals surface area contributed by atoms with Crippen LogP contribution in [0.5, 0.6) is 5.75 Å². The molecule has 0 atom stereocenters. The van der Waals surface area contributed by atoms with Crippen LogP contribution in [0.15, 0.2) is 51.9 Å². The van der Waals surface area contributed by atoms with Gasteiger partial charge >= 0.3 is 6.36 Å². The number of benzene rings is 2. The number of hydrogen-bond acceptors (Lipinski definition) is 5. The average molecular weight is 393 g/mol. The van der Waals surface area contributed by atoms with Crippen molar-refractivity contribution in [1.29, 1.82) is 0 Å². The third-order valence-corrected chi connectivity index (χ3v) is 4.72. The molecule has 0 aliphatic carbocycles. The molecule has 0 bridgehead atoms. The first-order valence-corrected chi connectivity index (χ1v) is 8.44. The Morgan fingerprint density at radius 1 is 1.12 bits per heavy atom. The Hall–Kier alpha value is -2.46. The molecule has 3 aromatic rings. The van der Waals surface area contributed by atoms with Gasteiger partial charge in [0, 0.05) is 0 Å². The molecule has 6 nitrogen and oxygen atoms in total. The van der Waals surface area contributed by atoms with E-state index < -0.39 is 22.1 Å². The summed E-state index contributed by atoms with van der Waals surface area (Å²) in [6, 6.07) is 8.39. The zero-order valence-electron chi connectivity index (χ0n) is 12.0. The predicted octanol–water partition coefficient (Wildman–Crippen LogP) is 4.18. The minimum absolute atomic E-state index is 0.129. The zero-order chi connectivity index (χ0) is 18.2. The van der Waals surface area contributed by atoms with Crippen molar-refractivity contribution in [3.05, 3.63) is 47.5 Å². The fraction of sp³-hybridized carbons (Fsp3) is 0.0714. The molecule has 0 saturated carbocycles. The summed E-state index contributed by atoms with van der Waals surface area (Å²) in [7, 11) is -4.12. The number of hydrogen-bond donors (Lipinski definition) is 1. The van der Waals surface area contributed by atoms with E-state index in [1.165, 1.54) is 6.07 Å². The van der Waals surface area contributed by atoms with E-state index in [9.17, 15) is 21.6 Å². The molecular weight excluding hydrogens is 385 g/mol. The zero-order valence-corrected chi connectivity index (χ0v) is 13.6. The van der Waals surface area contributed by atoms with Gasteiger partial charge in [0.25, 0.3) is 10.0 Å². The van der Waals surface area contributed by atoms with Crippen LogP contribution in [-0.2, 0) is 10.0 Å². The van der Waals surface area contributed by atoms with Gasteiger partial charge < -0.3 is 9.26 Å². The van der Waals surface area contributed by atoms with E-state index in [4.69, 9.17) is 16.1 Å². The highest BCUT2D eigenvalue weighted by Gasteiger charge is 2.31. The van der Waals surface area contributed by atoms with E-state index >= 15 is 0 Å². The monoisotopic (exact) mass is 392 g/mol. The lowest BCUT2D eigenvalue weighted by atomic mass is 10.2. The molecule has 1 heterocycles. The second kappa shape index (κ2) is 6.12. The molecule has 1 aromatic heterocycles. The molecule has 0 radical (unpaired) electrons. The average Bonchev–Trinajstić information content (AvgIpc) is 2.90. The second-order valence-corrected chi connectivity index (χ2v) is 6.86. The van der Waals surface area contributed by atoms with Gasteiger partial charge in [-0.05, 0) is 36.4 Å². The lowest BCUT2D eigenvalue weighted by molar-refractivity contribution is -0.274. The van der Waals surface area contributed by atoms with Gasteiger partial charge in [0.2, 0.25) is 0 Å². The van der Waals surface area contributed by atoms with Gasteiger partial charge in [0.1, 0.15) is 5.75 Å². The number of sulfonamides is 1. The Balaban J connectivity index is 1.89. The lowest BCUT2D eigenvalue weighted by Crippen LogP contribution is -2.17. The number of alkyl halides is 3. The first-order valence-electron chi connectivity index (χ1n) is 6.58. The van der Waals surface area contributed by atoms with Gasteiger partial charge in [0.05, 0.1) is 15.3 Å². The van der Waals surface area contributed by atoms with E-state index in [0.717, 1.165) is 24.3 Å². The molecular formula is C14H8ClF3N2O4S. The summed E-state index contributed by atoms with van der Waals surface area (Å²) in [4.78, 5) is -0.287. The third-order valence-electron chi connectivity index (χ3n) is 3.05. The highest BCUT2D eigenvalue weighted by molar-refractivity contribution is 7.92. The van der Waals surface area contributed by atoms with Crippen LogP contribution in [0.4, 0.5) is 19.0 Å². The Bertz CT molecular complexity index is 1020. The topological polar surface area (TPSA) is 81.4 Å². The molecule has 3 rings (SSSR count). The first kappa shape index (κ1) is 17.4. The number of nitrogens with one attached hydrogen (secondary N) is 1. The van der Waals surface area contributed by atoms with Gasteiger partial charge in [0.15, 0.2) is 11.4 Å². The summed E-state index contributed by atoms with van der Waals surface area (Å²) in [5.74, 6) is -0.669. The second-order valence-electron chi connectivity index (χ2n) is 4.77. The Kier molecular flexibility index (Phi) is 4.25. The van der Waals surface area contributed by atoms with Crippen molar-refractivity contribution >= 4 is 38.4 Å². The Morgan fingerprint density at radius 2 is 1.80 bits per heavy atom. The van der Waals surface area contributed by atoms with Crippen molar-refractivity contribution in [1.82, 2.24) is 5.16 Å². The summed E-state index contributed by atoms with van der Waals surface area (Å²) >= 11 is 6.00. The van der Waals surface area contributed by atoms with E-state index in [1.54, 1.807) is 12.1 Å². The van der Waals surface area contributed by atoms with Crippen molar-refractivity contribution in [3.8, 4) is 5.75 Å². The molecule has 0 fully saturated rings. The Morgan fingerprint density at radius 3 is 2.44 bits per heavy atom. The number of fused-ring (bicyclic) bond motifs is 1. The molecule has 0 amide bonds. The third kappa shape index (κ3) is 3.80. The summed E-state index contributed by atoms with van der Waals surface area (Å²) in [6.45, 7) is 0. The van der Waals surface area contributed by atoms with Crippen LogP contribution >= 0.6 is 11.6 Å². The first-order chi connectivity index (χ1) is 11.7. The van der Waals surface area contributed by atoms with Gasteiger partial charge in [-0.2, -0.15) is 0 Å². The summed E-state index contributed by atoms with van der Waals surface area (Å²) in [5.41, 5.74) is 0.277. The van der Waals surface area contributed by atoms with Crippen LogP contribution in [0.3, 0.4) is 0 Å². The van der Waals surface area contributed by atoms with E-state index in [1.807, 2.05) is 0 Å². The quantitative estimate of drug-likeness (QED) is 0.720. The van der Waals surface area contributed by atoms with Crippen LogP contribution in [0.2, 0.25) is 5.02 Å². The molecule has 1 N–H and O–H groups in total. The standard InChI is InChI=1S/C14H8ClF3N2O4S/c15-10-2-1-3-11-12(10)13(19-24-11)20-25(21,22)9-6-4-8(5-7-9)23-14(16,17)18/h1-7H,(H,19,20). The SMILES string of the molecule is O=S(=O)(Nc1noc2cccc(Cl)c12)c1ccc(OC(F)(F)F)cc1. The molecule has 0 saturated heterocycles. The van der Waals surface area contributed by atoms with Crippen molar-refractivity contribution < 1.29 is 30.8 Å². The van der Waals surface area contributed by atoms with Crippen LogP contribution in [0.25, 0.3) is 11.0 Å². The van der Waals surface area contributed by atoms with E-state index in [2.05, 4.69) is 14.6 Å². The maximum atomic E-state index is 12.4. The summed E-state index contributed by atoms with van der Waals surface area (Å²) in [5, 5.41) is 4.11. The fourth-order valence-corrected chi connectivity index (χ4v) is 3.29. The number of anilines is 1. The van der Waals surface area contributed by atoms with Crippen molar-refractivity contribution in [2.24, 2.45) is 0 Å². The van der Waals surface area contributed by atoms with Crippen LogP contribution < -0.4 is 9.46 Å². The molecule has 0 spiro atoms. The number of nitrogens with zero attached hydrogens (tertiary/aromatic N) is 1. The molecule has 132 valence electrons. The fourth-order valence-electron chi connectivity index (χ4n) is 2.03. The highest BCUT2D eigenvalue weighted by Crippen LogP contribution is 2.31. The molecule has 0 unspecified atom stereocenters. The van der Waals surface area contributed by atoms with E-state index in [-0.39, 0.29) is 26.7 Å². The minimum Gasteiger partial charge on any atom is -0.406 e. The van der Waals surface area contributed by atoms with Gasteiger partial charge in [-0.15, -0.1) is 13.2 Å². The maximum absolute atomic E-state index is 12.4. The van der Waals surface area contributed by atoms with Crippen molar-refractivity contribution in [2.45, 2.75) is 11.3 Å². The number of rotatable bonds is 4.